The van der Waals surface area contributed by atoms with E-state index in [9.17, 15) is 9.90 Å². The quantitative estimate of drug-likeness (QED) is 0.696. The Bertz CT molecular complexity index is 386. The highest BCUT2D eigenvalue weighted by Gasteiger charge is 2.40. The summed E-state index contributed by atoms with van der Waals surface area (Å²) in [4.78, 5) is 10.8. The average molecular weight is 206 g/mol. The minimum atomic E-state index is -0.578. The molecule has 2 rings (SSSR count). The number of urea groups is 1. The molecule has 0 aromatic heterocycles. The summed E-state index contributed by atoms with van der Waals surface area (Å²) < 4.78 is 0. The molecule has 0 heterocycles. The standard InChI is InChI=1S/C11H14N2O2/c12-10(14)13-9-4-2-1-3-8(9)7-11(15)5-6-11/h1-4,15H,5-7H2,(H3,12,13,14). The van der Waals surface area contributed by atoms with Crippen molar-refractivity contribution in [3.05, 3.63) is 29.8 Å². The maximum absolute atomic E-state index is 10.8. The fourth-order valence-corrected chi connectivity index (χ4v) is 1.60. The van der Waals surface area contributed by atoms with Gasteiger partial charge in [0.2, 0.25) is 0 Å². The van der Waals surface area contributed by atoms with Gasteiger partial charge < -0.3 is 16.2 Å². The third-order valence-corrected chi connectivity index (χ3v) is 2.62. The van der Waals surface area contributed by atoms with Crippen LogP contribution in [-0.4, -0.2) is 16.7 Å². The number of nitrogens with two attached hydrogens (primary N) is 1. The molecular formula is C11H14N2O2. The van der Waals surface area contributed by atoms with Gasteiger partial charge in [0.25, 0.3) is 0 Å². The lowest BCUT2D eigenvalue weighted by atomic mass is 10.0. The van der Waals surface area contributed by atoms with Gasteiger partial charge in [0, 0.05) is 12.1 Å². The molecular weight excluding hydrogens is 192 g/mol. The van der Waals surface area contributed by atoms with Gasteiger partial charge in [0.1, 0.15) is 0 Å². The van der Waals surface area contributed by atoms with Gasteiger partial charge in [-0.25, -0.2) is 4.79 Å². The van der Waals surface area contributed by atoms with Gasteiger partial charge in [-0.3, -0.25) is 0 Å². The highest BCUT2D eigenvalue weighted by molar-refractivity contribution is 5.88. The molecule has 0 bridgehead atoms. The lowest BCUT2D eigenvalue weighted by Gasteiger charge is -2.12. The van der Waals surface area contributed by atoms with Crippen molar-refractivity contribution >= 4 is 11.7 Å². The number of para-hydroxylation sites is 1. The van der Waals surface area contributed by atoms with Gasteiger partial charge >= 0.3 is 6.03 Å². The number of benzene rings is 1. The Hall–Kier alpha value is -1.55. The number of hydrogen-bond acceptors (Lipinski definition) is 2. The van der Waals surface area contributed by atoms with Crippen molar-refractivity contribution in [3.8, 4) is 0 Å². The van der Waals surface area contributed by atoms with Crippen LogP contribution in [0.1, 0.15) is 18.4 Å². The molecule has 0 radical (unpaired) electrons. The number of carbonyl (C=O) groups excluding carboxylic acids is 1. The Balaban J connectivity index is 2.17. The lowest BCUT2D eigenvalue weighted by Crippen LogP contribution is -2.21. The molecule has 1 aliphatic carbocycles. The van der Waals surface area contributed by atoms with Gasteiger partial charge in [-0.05, 0) is 24.5 Å². The number of aliphatic hydroxyl groups is 1. The fourth-order valence-electron chi connectivity index (χ4n) is 1.60. The smallest absolute Gasteiger partial charge is 0.316 e. The first kappa shape index (κ1) is 9.98. The van der Waals surface area contributed by atoms with Crippen LogP contribution in [0.4, 0.5) is 10.5 Å². The van der Waals surface area contributed by atoms with E-state index >= 15 is 0 Å². The predicted octanol–water partition coefficient (Wildman–Crippen LogP) is 1.24. The molecule has 4 nitrogen and oxygen atoms in total. The third kappa shape index (κ3) is 2.47. The summed E-state index contributed by atoms with van der Waals surface area (Å²) in [6, 6.07) is 6.80. The molecule has 1 aromatic rings. The van der Waals surface area contributed by atoms with Gasteiger partial charge in [-0.2, -0.15) is 0 Å². The van der Waals surface area contributed by atoms with E-state index in [2.05, 4.69) is 5.32 Å². The van der Waals surface area contributed by atoms with E-state index in [1.54, 1.807) is 6.07 Å². The molecule has 80 valence electrons. The Labute approximate surface area is 88.1 Å². The molecule has 4 N–H and O–H groups in total. The zero-order chi connectivity index (χ0) is 10.9. The van der Waals surface area contributed by atoms with Gasteiger partial charge in [-0.1, -0.05) is 18.2 Å². The number of primary amides is 1. The molecule has 0 aliphatic heterocycles. The van der Waals surface area contributed by atoms with E-state index in [0.717, 1.165) is 18.4 Å². The van der Waals surface area contributed by atoms with Crippen LogP contribution < -0.4 is 11.1 Å². The number of hydrogen-bond donors (Lipinski definition) is 3. The fraction of sp³-hybridized carbons (Fsp3) is 0.364. The summed E-state index contributed by atoms with van der Waals surface area (Å²) in [6.45, 7) is 0. The zero-order valence-electron chi connectivity index (χ0n) is 8.36. The second-order valence-corrected chi connectivity index (χ2v) is 4.05. The molecule has 0 saturated heterocycles. The Morgan fingerprint density at radius 1 is 1.47 bits per heavy atom. The van der Waals surface area contributed by atoms with E-state index in [1.165, 1.54) is 0 Å². The topological polar surface area (TPSA) is 75.4 Å². The van der Waals surface area contributed by atoms with Crippen molar-refractivity contribution < 1.29 is 9.90 Å². The number of nitrogens with one attached hydrogen (secondary N) is 1. The SMILES string of the molecule is NC(=O)Nc1ccccc1CC1(O)CC1. The first-order chi connectivity index (χ1) is 7.09. The van der Waals surface area contributed by atoms with Crippen LogP contribution >= 0.6 is 0 Å². The molecule has 1 saturated carbocycles. The molecule has 0 unspecified atom stereocenters. The van der Waals surface area contributed by atoms with Crippen LogP contribution in [0.2, 0.25) is 0 Å². The first-order valence-electron chi connectivity index (χ1n) is 4.96. The summed E-state index contributed by atoms with van der Waals surface area (Å²) in [5.41, 5.74) is 6.11. The molecule has 15 heavy (non-hydrogen) atoms. The number of carbonyl (C=O) groups is 1. The number of anilines is 1. The van der Waals surface area contributed by atoms with Gasteiger partial charge in [0.05, 0.1) is 5.60 Å². The van der Waals surface area contributed by atoms with Crippen LogP contribution in [0, 0.1) is 0 Å². The van der Waals surface area contributed by atoms with E-state index in [4.69, 9.17) is 5.73 Å². The summed E-state index contributed by atoms with van der Waals surface area (Å²) in [7, 11) is 0. The second kappa shape index (κ2) is 3.55. The van der Waals surface area contributed by atoms with E-state index < -0.39 is 11.6 Å². The number of rotatable bonds is 3. The second-order valence-electron chi connectivity index (χ2n) is 4.05. The van der Waals surface area contributed by atoms with Crippen LogP contribution in [0.25, 0.3) is 0 Å². The molecule has 4 heteroatoms. The van der Waals surface area contributed by atoms with Crippen molar-refractivity contribution in [1.29, 1.82) is 0 Å². The minimum absolute atomic E-state index is 0.560. The summed E-state index contributed by atoms with van der Waals surface area (Å²) in [6.07, 6.45) is 2.24. The van der Waals surface area contributed by atoms with Crippen LogP contribution in [0.3, 0.4) is 0 Å². The third-order valence-electron chi connectivity index (χ3n) is 2.62. The van der Waals surface area contributed by atoms with Crippen LogP contribution in [0.5, 0.6) is 0 Å². The molecule has 1 aromatic carbocycles. The highest BCUT2D eigenvalue weighted by Crippen LogP contribution is 2.39. The van der Waals surface area contributed by atoms with Gasteiger partial charge in [0.15, 0.2) is 0 Å². The maximum Gasteiger partial charge on any atom is 0.316 e. The Kier molecular flexibility index (Phi) is 2.36. The van der Waals surface area contributed by atoms with E-state index in [-0.39, 0.29) is 0 Å². The normalized spacial score (nSPS) is 17.1. The summed E-state index contributed by atoms with van der Waals surface area (Å²) in [5.74, 6) is 0. The predicted molar refractivity (Wildman–Crippen MR) is 57.5 cm³/mol. The molecule has 0 atom stereocenters. The summed E-state index contributed by atoms with van der Waals surface area (Å²) >= 11 is 0. The van der Waals surface area contributed by atoms with Gasteiger partial charge in [-0.15, -0.1) is 0 Å². The highest BCUT2D eigenvalue weighted by atomic mass is 16.3. The zero-order valence-corrected chi connectivity index (χ0v) is 8.36. The van der Waals surface area contributed by atoms with Crippen molar-refractivity contribution in [2.75, 3.05) is 5.32 Å². The van der Waals surface area contributed by atoms with Crippen molar-refractivity contribution in [2.45, 2.75) is 24.9 Å². The number of amides is 2. The van der Waals surface area contributed by atoms with E-state index in [1.807, 2.05) is 18.2 Å². The Morgan fingerprint density at radius 3 is 2.73 bits per heavy atom. The van der Waals surface area contributed by atoms with Crippen molar-refractivity contribution in [2.24, 2.45) is 5.73 Å². The maximum atomic E-state index is 10.8. The molecule has 2 amide bonds. The first-order valence-corrected chi connectivity index (χ1v) is 4.96. The molecule has 1 aliphatic rings. The van der Waals surface area contributed by atoms with Crippen molar-refractivity contribution in [3.63, 3.8) is 0 Å². The summed E-state index contributed by atoms with van der Waals surface area (Å²) in [5, 5.41) is 12.3. The van der Waals surface area contributed by atoms with Crippen LogP contribution in [-0.2, 0) is 6.42 Å². The average Bonchev–Trinajstić information content (AvgIpc) is 2.86. The van der Waals surface area contributed by atoms with Crippen LogP contribution in [0.15, 0.2) is 24.3 Å². The monoisotopic (exact) mass is 206 g/mol. The van der Waals surface area contributed by atoms with Crippen molar-refractivity contribution in [1.82, 2.24) is 0 Å². The Morgan fingerprint density at radius 2 is 2.13 bits per heavy atom. The van der Waals surface area contributed by atoms with E-state index in [0.29, 0.717) is 12.1 Å². The molecule has 1 fully saturated rings. The largest absolute Gasteiger partial charge is 0.390 e. The minimum Gasteiger partial charge on any atom is -0.390 e. The lowest BCUT2D eigenvalue weighted by molar-refractivity contribution is 0.151. The molecule has 0 spiro atoms.